The molecule has 0 aliphatic carbocycles. The fourth-order valence-electron chi connectivity index (χ4n) is 2.15. The van der Waals surface area contributed by atoms with Crippen molar-refractivity contribution in [3.05, 3.63) is 23.8 Å². The molecule has 0 saturated carbocycles. The summed E-state index contributed by atoms with van der Waals surface area (Å²) in [7, 11) is -3.50. The predicted octanol–water partition coefficient (Wildman–Crippen LogP) is 2.33. The van der Waals surface area contributed by atoms with Crippen LogP contribution in [-0.2, 0) is 14.6 Å². The van der Waals surface area contributed by atoms with Gasteiger partial charge in [-0.3, -0.25) is 5.32 Å². The van der Waals surface area contributed by atoms with Gasteiger partial charge in [0.2, 0.25) is 0 Å². The summed E-state index contributed by atoms with van der Waals surface area (Å²) in [5, 5.41) is 11.0. The van der Waals surface area contributed by atoms with Crippen LogP contribution in [0.2, 0.25) is 0 Å². The highest BCUT2D eigenvalue weighted by Crippen LogP contribution is 2.22. The van der Waals surface area contributed by atoms with Gasteiger partial charge in [-0.25, -0.2) is 13.2 Å². The number of nitrogens with one attached hydrogen (secondary N) is 1. The maximum absolute atomic E-state index is 11.7. The highest BCUT2D eigenvalue weighted by molar-refractivity contribution is 7.91. The van der Waals surface area contributed by atoms with Crippen LogP contribution >= 0.6 is 0 Å². The number of carbonyl (C=O) groups is 1. The Morgan fingerprint density at radius 2 is 2.00 bits per heavy atom. The lowest BCUT2D eigenvalue weighted by Crippen LogP contribution is -2.22. The zero-order valence-electron chi connectivity index (χ0n) is 14.2. The van der Waals surface area contributed by atoms with Gasteiger partial charge in [0.05, 0.1) is 11.8 Å². The molecule has 0 spiro atoms. The van der Waals surface area contributed by atoms with Crippen LogP contribution in [0.15, 0.2) is 18.2 Å². The molecule has 1 rings (SSSR count). The lowest BCUT2D eigenvalue weighted by atomic mass is 10.1. The molecule has 1 amide bonds. The number of amides is 1. The molecule has 8 heteroatoms. The van der Waals surface area contributed by atoms with Crippen molar-refractivity contribution in [1.82, 2.24) is 0 Å². The van der Waals surface area contributed by atoms with Crippen molar-refractivity contribution in [2.75, 3.05) is 41.4 Å². The number of ether oxygens (including phenoxy) is 1. The van der Waals surface area contributed by atoms with Crippen molar-refractivity contribution in [1.29, 1.82) is 5.26 Å². The van der Waals surface area contributed by atoms with Gasteiger partial charge in [-0.15, -0.1) is 0 Å². The van der Waals surface area contributed by atoms with Crippen LogP contribution < -0.4 is 10.2 Å². The number of nitrogens with zero attached hydrogens (tertiary/aromatic N) is 2. The van der Waals surface area contributed by atoms with Crippen LogP contribution in [0.4, 0.5) is 16.2 Å². The Labute approximate surface area is 143 Å². The molecule has 0 fully saturated rings. The number of hydrogen-bond donors (Lipinski definition) is 1. The van der Waals surface area contributed by atoms with E-state index in [1.165, 1.54) is 0 Å². The molecule has 1 aromatic carbocycles. The zero-order chi connectivity index (χ0) is 18.2. The molecule has 0 unspecified atom stereocenters. The number of aryl methyl sites for hydroxylation is 1. The van der Waals surface area contributed by atoms with E-state index >= 15 is 0 Å². The van der Waals surface area contributed by atoms with Crippen molar-refractivity contribution in [3.63, 3.8) is 0 Å². The van der Waals surface area contributed by atoms with E-state index in [4.69, 9.17) is 10.00 Å². The number of benzene rings is 1. The summed E-state index contributed by atoms with van der Waals surface area (Å²) in [5.41, 5.74) is 2.56. The molecule has 0 atom stereocenters. The molecule has 132 valence electrons. The van der Waals surface area contributed by atoms with Gasteiger partial charge in [-0.2, -0.15) is 5.26 Å². The maximum Gasteiger partial charge on any atom is 0.411 e. The van der Waals surface area contributed by atoms with Gasteiger partial charge in [-0.05, 0) is 44.5 Å². The summed E-state index contributed by atoms with van der Waals surface area (Å²) < 4.78 is 27.5. The van der Waals surface area contributed by atoms with Gasteiger partial charge < -0.3 is 9.64 Å². The molecule has 24 heavy (non-hydrogen) atoms. The van der Waals surface area contributed by atoms with E-state index in [9.17, 15) is 13.2 Å². The SMILES string of the molecule is CCN(CC)c1ccc(NC(=O)OCCS(=O)(=O)CC#N)c(C)c1. The molecular weight excluding hydrogens is 330 g/mol. The monoisotopic (exact) mass is 353 g/mol. The van der Waals surface area contributed by atoms with Crippen molar-refractivity contribution >= 4 is 27.3 Å². The Hall–Kier alpha value is -2.27. The second-order valence-corrected chi connectivity index (χ2v) is 7.37. The smallest absolute Gasteiger partial charge is 0.411 e. The van der Waals surface area contributed by atoms with Gasteiger partial charge in [0, 0.05) is 24.5 Å². The van der Waals surface area contributed by atoms with E-state index in [-0.39, 0.29) is 12.4 Å². The minimum absolute atomic E-state index is 0.285. The van der Waals surface area contributed by atoms with Crippen LogP contribution in [0.3, 0.4) is 0 Å². The van der Waals surface area contributed by atoms with Crippen molar-refractivity contribution in [3.8, 4) is 6.07 Å². The summed E-state index contributed by atoms with van der Waals surface area (Å²) in [5.74, 6) is -0.947. The minimum Gasteiger partial charge on any atom is -0.448 e. The molecule has 1 N–H and O–H groups in total. The summed E-state index contributed by atoms with van der Waals surface area (Å²) in [6.45, 7) is 7.52. The Morgan fingerprint density at radius 3 is 2.54 bits per heavy atom. The first-order valence-corrected chi connectivity index (χ1v) is 9.51. The zero-order valence-corrected chi connectivity index (χ0v) is 15.0. The number of hydrogen-bond acceptors (Lipinski definition) is 6. The third kappa shape index (κ3) is 6.08. The first-order valence-electron chi connectivity index (χ1n) is 7.69. The van der Waals surface area contributed by atoms with Gasteiger partial charge in [-0.1, -0.05) is 0 Å². The van der Waals surface area contributed by atoms with Crippen LogP contribution in [0, 0.1) is 18.3 Å². The molecular formula is C16H23N3O4S. The Balaban J connectivity index is 2.60. The van der Waals surface area contributed by atoms with Crippen LogP contribution in [-0.4, -0.2) is 45.7 Å². The third-order valence-electron chi connectivity index (χ3n) is 3.49. The Bertz CT molecular complexity index is 707. The summed E-state index contributed by atoms with van der Waals surface area (Å²) in [6.07, 6.45) is -0.721. The quantitative estimate of drug-likeness (QED) is 0.770. The number of sulfone groups is 1. The topological polar surface area (TPSA) is 99.5 Å². The second kappa shape index (κ2) is 9.13. The van der Waals surface area contributed by atoms with E-state index in [1.54, 1.807) is 12.1 Å². The number of nitriles is 1. The van der Waals surface area contributed by atoms with Gasteiger partial charge in [0.25, 0.3) is 0 Å². The van der Waals surface area contributed by atoms with Crippen molar-refractivity contribution < 1.29 is 17.9 Å². The number of rotatable bonds is 8. The number of anilines is 2. The summed E-state index contributed by atoms with van der Waals surface area (Å²) >= 11 is 0. The molecule has 0 saturated heterocycles. The minimum atomic E-state index is -3.50. The molecule has 7 nitrogen and oxygen atoms in total. The average molecular weight is 353 g/mol. The molecule has 0 bridgehead atoms. The first kappa shape index (κ1) is 19.8. The van der Waals surface area contributed by atoms with Gasteiger partial charge in [0.15, 0.2) is 9.84 Å². The Kier molecular flexibility index (Phi) is 7.52. The van der Waals surface area contributed by atoms with Crippen molar-refractivity contribution in [2.24, 2.45) is 0 Å². The fraction of sp³-hybridized carbons (Fsp3) is 0.500. The summed E-state index contributed by atoms with van der Waals surface area (Å²) in [4.78, 5) is 13.9. The predicted molar refractivity (Wildman–Crippen MR) is 94.0 cm³/mol. The van der Waals surface area contributed by atoms with E-state index < -0.39 is 21.7 Å². The highest BCUT2D eigenvalue weighted by atomic mass is 32.2. The van der Waals surface area contributed by atoms with Crippen LogP contribution in [0.1, 0.15) is 19.4 Å². The van der Waals surface area contributed by atoms with E-state index in [0.717, 1.165) is 24.3 Å². The third-order valence-corrected chi connectivity index (χ3v) is 4.84. The summed E-state index contributed by atoms with van der Waals surface area (Å²) in [6, 6.07) is 7.24. The molecule has 0 aliphatic heterocycles. The molecule has 1 aromatic rings. The second-order valence-electron chi connectivity index (χ2n) is 5.18. The molecule has 0 aromatic heterocycles. The normalized spacial score (nSPS) is 10.8. The Morgan fingerprint density at radius 1 is 1.33 bits per heavy atom. The lowest BCUT2D eigenvalue weighted by molar-refractivity contribution is 0.168. The maximum atomic E-state index is 11.7. The molecule has 0 aliphatic rings. The fourth-order valence-corrected chi connectivity index (χ4v) is 2.83. The lowest BCUT2D eigenvalue weighted by Gasteiger charge is -2.22. The van der Waals surface area contributed by atoms with Crippen molar-refractivity contribution in [2.45, 2.75) is 20.8 Å². The van der Waals surface area contributed by atoms with Crippen LogP contribution in [0.5, 0.6) is 0 Å². The largest absolute Gasteiger partial charge is 0.448 e. The first-order chi connectivity index (χ1) is 11.3. The van der Waals surface area contributed by atoms with E-state index in [0.29, 0.717) is 5.69 Å². The highest BCUT2D eigenvalue weighted by Gasteiger charge is 2.13. The average Bonchev–Trinajstić information content (AvgIpc) is 2.50. The van der Waals surface area contributed by atoms with Gasteiger partial charge in [0.1, 0.15) is 12.4 Å². The molecule has 0 heterocycles. The molecule has 0 radical (unpaired) electrons. The van der Waals surface area contributed by atoms with Crippen LogP contribution in [0.25, 0.3) is 0 Å². The van der Waals surface area contributed by atoms with E-state index in [1.807, 2.05) is 19.1 Å². The standard InChI is InChI=1S/C16H23N3O4S/c1-4-19(5-2)14-6-7-15(13(3)12-14)18-16(20)23-9-11-24(21,22)10-8-17/h6-7,12H,4-5,9-11H2,1-3H3,(H,18,20). The van der Waals surface area contributed by atoms with Gasteiger partial charge >= 0.3 is 6.09 Å². The number of carbonyl (C=O) groups excluding carboxylic acids is 1. The van der Waals surface area contributed by atoms with E-state index in [2.05, 4.69) is 24.1 Å².